The van der Waals surface area contributed by atoms with E-state index in [9.17, 15) is 0 Å². The van der Waals surface area contributed by atoms with Crippen molar-refractivity contribution in [1.82, 2.24) is 4.90 Å². The van der Waals surface area contributed by atoms with Crippen LogP contribution in [0, 0.1) is 0 Å². The minimum absolute atomic E-state index is 0.0915. The van der Waals surface area contributed by atoms with Crippen LogP contribution < -0.4 is 5.73 Å². The summed E-state index contributed by atoms with van der Waals surface area (Å²) in [5, 5.41) is 0. The Bertz CT molecular complexity index is 423. The normalized spacial score (nSPS) is 15.6. The van der Waals surface area contributed by atoms with E-state index in [1.54, 1.807) is 11.1 Å². The van der Waals surface area contributed by atoms with Gasteiger partial charge >= 0.3 is 0 Å². The number of aryl methyl sites for hydroxylation is 2. The summed E-state index contributed by atoms with van der Waals surface area (Å²) < 4.78 is 0. The van der Waals surface area contributed by atoms with Gasteiger partial charge in [-0.2, -0.15) is 0 Å². The molecule has 0 fully saturated rings. The van der Waals surface area contributed by atoms with Crippen molar-refractivity contribution in [3.05, 3.63) is 34.9 Å². The first-order valence-corrected chi connectivity index (χ1v) is 7.55. The summed E-state index contributed by atoms with van der Waals surface area (Å²) in [6.07, 6.45) is 6.38. The van der Waals surface area contributed by atoms with E-state index in [1.807, 2.05) is 0 Å². The Labute approximate surface area is 118 Å². The lowest BCUT2D eigenvalue weighted by Gasteiger charge is -2.34. The summed E-state index contributed by atoms with van der Waals surface area (Å²) in [4.78, 5) is 2.37. The maximum absolute atomic E-state index is 5.83. The van der Waals surface area contributed by atoms with Crippen LogP contribution in [0.4, 0.5) is 0 Å². The average molecular weight is 260 g/mol. The van der Waals surface area contributed by atoms with Gasteiger partial charge in [-0.05, 0) is 69.7 Å². The molecule has 1 aromatic rings. The van der Waals surface area contributed by atoms with Crippen LogP contribution in [0.3, 0.4) is 0 Å². The highest BCUT2D eigenvalue weighted by Gasteiger charge is 2.21. The molecule has 2 nitrogen and oxygen atoms in total. The highest BCUT2D eigenvalue weighted by atomic mass is 15.2. The van der Waals surface area contributed by atoms with E-state index in [4.69, 9.17) is 5.73 Å². The first-order chi connectivity index (χ1) is 9.03. The van der Waals surface area contributed by atoms with Crippen molar-refractivity contribution in [3.63, 3.8) is 0 Å². The lowest BCUT2D eigenvalue weighted by molar-refractivity contribution is 0.166. The van der Waals surface area contributed by atoms with E-state index in [-0.39, 0.29) is 5.54 Å². The van der Waals surface area contributed by atoms with Crippen LogP contribution in [0.25, 0.3) is 0 Å². The molecule has 106 valence electrons. The molecule has 0 saturated carbocycles. The van der Waals surface area contributed by atoms with Crippen molar-refractivity contribution < 1.29 is 0 Å². The Hall–Kier alpha value is -0.860. The summed E-state index contributed by atoms with van der Waals surface area (Å²) >= 11 is 0. The van der Waals surface area contributed by atoms with Gasteiger partial charge < -0.3 is 5.73 Å². The molecule has 1 aliphatic carbocycles. The molecule has 0 atom stereocenters. The Morgan fingerprint density at radius 1 is 1.16 bits per heavy atom. The number of hydrogen-bond acceptors (Lipinski definition) is 2. The standard InChI is InChI=1S/C17H28N2/c1-17(2,13-18)19(3)11-10-14-8-9-15-6-4-5-7-16(15)12-14/h8-9,12H,4-7,10-11,13,18H2,1-3H3. The third-order valence-electron chi connectivity index (χ3n) is 4.68. The minimum Gasteiger partial charge on any atom is -0.329 e. The van der Waals surface area contributed by atoms with Crippen LogP contribution in [-0.4, -0.2) is 30.6 Å². The minimum atomic E-state index is 0.0915. The highest BCUT2D eigenvalue weighted by Crippen LogP contribution is 2.22. The van der Waals surface area contributed by atoms with Crippen molar-refractivity contribution in [2.45, 2.75) is 51.5 Å². The molecule has 0 spiro atoms. The van der Waals surface area contributed by atoms with Crippen molar-refractivity contribution in [3.8, 4) is 0 Å². The van der Waals surface area contributed by atoms with E-state index in [0.29, 0.717) is 6.54 Å². The molecule has 2 N–H and O–H groups in total. The zero-order valence-corrected chi connectivity index (χ0v) is 12.7. The summed E-state index contributed by atoms with van der Waals surface area (Å²) in [5.74, 6) is 0. The zero-order chi connectivity index (χ0) is 13.9. The molecule has 0 amide bonds. The monoisotopic (exact) mass is 260 g/mol. The van der Waals surface area contributed by atoms with Crippen LogP contribution >= 0.6 is 0 Å². The quantitative estimate of drug-likeness (QED) is 0.882. The van der Waals surface area contributed by atoms with Crippen LogP contribution in [0.5, 0.6) is 0 Å². The predicted molar refractivity (Wildman–Crippen MR) is 82.6 cm³/mol. The van der Waals surface area contributed by atoms with Gasteiger partial charge in [0.2, 0.25) is 0 Å². The van der Waals surface area contributed by atoms with Crippen LogP contribution in [0.1, 0.15) is 43.4 Å². The molecule has 0 saturated heterocycles. The van der Waals surface area contributed by atoms with E-state index in [1.165, 1.54) is 31.2 Å². The lowest BCUT2D eigenvalue weighted by atomic mass is 9.90. The second-order valence-electron chi connectivity index (χ2n) is 6.50. The van der Waals surface area contributed by atoms with Gasteiger partial charge in [0.05, 0.1) is 0 Å². The Morgan fingerprint density at radius 2 is 1.84 bits per heavy atom. The molecule has 0 unspecified atom stereocenters. The number of nitrogens with two attached hydrogens (primary N) is 1. The highest BCUT2D eigenvalue weighted by molar-refractivity contribution is 5.34. The summed E-state index contributed by atoms with van der Waals surface area (Å²) in [6.45, 7) is 6.19. The maximum atomic E-state index is 5.83. The molecular weight excluding hydrogens is 232 g/mol. The number of hydrogen-bond donors (Lipinski definition) is 1. The van der Waals surface area contributed by atoms with Crippen molar-refractivity contribution in [2.24, 2.45) is 5.73 Å². The number of rotatable bonds is 5. The van der Waals surface area contributed by atoms with Gasteiger partial charge in [0.1, 0.15) is 0 Å². The topological polar surface area (TPSA) is 29.3 Å². The molecule has 19 heavy (non-hydrogen) atoms. The van der Waals surface area contributed by atoms with E-state index in [0.717, 1.165) is 13.0 Å². The summed E-state index contributed by atoms with van der Waals surface area (Å²) in [7, 11) is 2.17. The summed E-state index contributed by atoms with van der Waals surface area (Å²) in [5.41, 5.74) is 10.6. The number of nitrogens with zero attached hydrogens (tertiary/aromatic N) is 1. The molecular formula is C17H28N2. The van der Waals surface area contributed by atoms with Gasteiger partial charge in [0.15, 0.2) is 0 Å². The first-order valence-electron chi connectivity index (χ1n) is 7.55. The van der Waals surface area contributed by atoms with Gasteiger partial charge in [-0.15, -0.1) is 0 Å². The molecule has 0 heterocycles. The van der Waals surface area contributed by atoms with Crippen LogP contribution in [-0.2, 0) is 19.3 Å². The SMILES string of the molecule is CN(CCc1ccc2c(c1)CCCC2)C(C)(C)CN. The third-order valence-corrected chi connectivity index (χ3v) is 4.68. The van der Waals surface area contributed by atoms with E-state index >= 15 is 0 Å². The lowest BCUT2D eigenvalue weighted by Crippen LogP contribution is -2.47. The maximum Gasteiger partial charge on any atom is 0.0272 e. The molecule has 0 aliphatic heterocycles. The third kappa shape index (κ3) is 3.58. The average Bonchev–Trinajstić information content (AvgIpc) is 2.44. The Morgan fingerprint density at radius 3 is 2.53 bits per heavy atom. The molecule has 0 radical (unpaired) electrons. The van der Waals surface area contributed by atoms with E-state index < -0.39 is 0 Å². The predicted octanol–water partition coefficient (Wildman–Crippen LogP) is 2.78. The molecule has 0 aromatic heterocycles. The van der Waals surface area contributed by atoms with Gasteiger partial charge in [0.25, 0.3) is 0 Å². The number of fused-ring (bicyclic) bond motifs is 1. The molecule has 1 aliphatic rings. The summed E-state index contributed by atoms with van der Waals surface area (Å²) in [6, 6.07) is 7.09. The Kier molecular flexibility index (Phi) is 4.64. The van der Waals surface area contributed by atoms with Gasteiger partial charge in [-0.3, -0.25) is 4.90 Å². The van der Waals surface area contributed by atoms with Crippen molar-refractivity contribution in [2.75, 3.05) is 20.1 Å². The fraction of sp³-hybridized carbons (Fsp3) is 0.647. The second kappa shape index (κ2) is 6.06. The van der Waals surface area contributed by atoms with Gasteiger partial charge in [-0.1, -0.05) is 18.2 Å². The van der Waals surface area contributed by atoms with E-state index in [2.05, 4.69) is 44.0 Å². The molecule has 2 heteroatoms. The van der Waals surface area contributed by atoms with Gasteiger partial charge in [-0.25, -0.2) is 0 Å². The fourth-order valence-corrected chi connectivity index (χ4v) is 2.70. The molecule has 2 rings (SSSR count). The Balaban J connectivity index is 1.96. The van der Waals surface area contributed by atoms with Crippen LogP contribution in [0.2, 0.25) is 0 Å². The molecule has 1 aromatic carbocycles. The molecule has 0 bridgehead atoms. The van der Waals surface area contributed by atoms with Crippen LogP contribution in [0.15, 0.2) is 18.2 Å². The zero-order valence-electron chi connectivity index (χ0n) is 12.7. The van der Waals surface area contributed by atoms with Crippen molar-refractivity contribution >= 4 is 0 Å². The first kappa shape index (κ1) is 14.5. The smallest absolute Gasteiger partial charge is 0.0272 e. The van der Waals surface area contributed by atoms with Gasteiger partial charge in [0, 0.05) is 18.6 Å². The largest absolute Gasteiger partial charge is 0.329 e. The number of benzene rings is 1. The second-order valence-corrected chi connectivity index (χ2v) is 6.50. The number of likely N-dealkylation sites (N-methyl/N-ethyl adjacent to an activating group) is 1. The van der Waals surface area contributed by atoms with Crippen molar-refractivity contribution in [1.29, 1.82) is 0 Å². The fourth-order valence-electron chi connectivity index (χ4n) is 2.70.